The number of hydrogen-bond donors (Lipinski definition) is 0. The predicted molar refractivity (Wildman–Crippen MR) is 103 cm³/mol. The highest BCUT2D eigenvalue weighted by molar-refractivity contribution is 5.75. The van der Waals surface area contributed by atoms with Gasteiger partial charge in [0, 0.05) is 38.8 Å². The van der Waals surface area contributed by atoms with E-state index in [2.05, 4.69) is 4.90 Å². The van der Waals surface area contributed by atoms with Gasteiger partial charge in [-0.1, -0.05) is 12.1 Å². The van der Waals surface area contributed by atoms with Gasteiger partial charge in [0.15, 0.2) is 0 Å². The van der Waals surface area contributed by atoms with Crippen molar-refractivity contribution in [2.24, 2.45) is 0 Å². The highest BCUT2D eigenvalue weighted by Gasteiger charge is 2.18. The Morgan fingerprint density at radius 1 is 0.889 bits per heavy atom. The van der Waals surface area contributed by atoms with Crippen LogP contribution in [-0.4, -0.2) is 50.1 Å². The molecular formula is C21H24N2O4. The van der Waals surface area contributed by atoms with E-state index in [0.717, 1.165) is 43.2 Å². The van der Waals surface area contributed by atoms with Crippen molar-refractivity contribution >= 4 is 17.6 Å². The number of anilines is 1. The molecule has 0 bridgehead atoms. The maximum atomic E-state index is 12.1. The van der Waals surface area contributed by atoms with E-state index in [1.54, 1.807) is 26.2 Å². The Balaban J connectivity index is 1.52. The number of carbonyl (C=O) groups is 2. The molecule has 0 spiro atoms. The molecule has 0 aromatic heterocycles. The van der Waals surface area contributed by atoms with Crippen LogP contribution in [0.1, 0.15) is 12.5 Å². The third-order valence-corrected chi connectivity index (χ3v) is 4.67. The number of esters is 1. The van der Waals surface area contributed by atoms with Crippen LogP contribution < -0.4 is 14.4 Å². The number of methoxy groups -OCH3 is 1. The first-order valence-electron chi connectivity index (χ1n) is 8.99. The molecule has 2 aromatic rings. The van der Waals surface area contributed by atoms with Gasteiger partial charge in [0.25, 0.3) is 0 Å². The van der Waals surface area contributed by atoms with E-state index in [1.165, 1.54) is 0 Å². The first-order valence-corrected chi connectivity index (χ1v) is 8.99. The maximum absolute atomic E-state index is 12.1. The van der Waals surface area contributed by atoms with Gasteiger partial charge in [-0.3, -0.25) is 9.59 Å². The summed E-state index contributed by atoms with van der Waals surface area (Å²) < 4.78 is 10.5. The number of carbonyl (C=O) groups excluding carboxylic acids is 2. The van der Waals surface area contributed by atoms with Crippen LogP contribution in [0.4, 0.5) is 5.69 Å². The highest BCUT2D eigenvalue weighted by atomic mass is 16.5. The maximum Gasteiger partial charge on any atom is 0.315 e. The van der Waals surface area contributed by atoms with Gasteiger partial charge in [-0.25, -0.2) is 0 Å². The number of rotatable bonds is 5. The summed E-state index contributed by atoms with van der Waals surface area (Å²) in [6, 6.07) is 14.8. The second kappa shape index (κ2) is 8.58. The van der Waals surface area contributed by atoms with Crippen LogP contribution in [0.25, 0.3) is 0 Å². The molecule has 0 unspecified atom stereocenters. The summed E-state index contributed by atoms with van der Waals surface area (Å²) in [4.78, 5) is 27.6. The van der Waals surface area contributed by atoms with Crippen LogP contribution in [0.2, 0.25) is 0 Å². The summed E-state index contributed by atoms with van der Waals surface area (Å²) >= 11 is 0. The molecule has 142 valence electrons. The lowest BCUT2D eigenvalue weighted by Gasteiger charge is -2.35. The topological polar surface area (TPSA) is 59.1 Å². The van der Waals surface area contributed by atoms with Crippen molar-refractivity contribution in [3.8, 4) is 11.5 Å². The van der Waals surface area contributed by atoms with E-state index in [4.69, 9.17) is 9.47 Å². The number of piperazine rings is 1. The lowest BCUT2D eigenvalue weighted by atomic mass is 10.1. The third-order valence-electron chi connectivity index (χ3n) is 4.67. The molecule has 0 aliphatic carbocycles. The minimum absolute atomic E-state index is 0.119. The lowest BCUT2D eigenvalue weighted by Crippen LogP contribution is -2.48. The van der Waals surface area contributed by atoms with Crippen molar-refractivity contribution in [3.63, 3.8) is 0 Å². The predicted octanol–water partition coefficient (Wildman–Crippen LogP) is 2.51. The Morgan fingerprint density at radius 3 is 2.04 bits per heavy atom. The van der Waals surface area contributed by atoms with E-state index in [1.807, 2.05) is 41.3 Å². The normalized spacial score (nSPS) is 14.0. The molecule has 1 saturated heterocycles. The fourth-order valence-electron chi connectivity index (χ4n) is 3.08. The molecule has 0 atom stereocenters. The van der Waals surface area contributed by atoms with Crippen molar-refractivity contribution in [1.82, 2.24) is 4.90 Å². The molecule has 1 heterocycles. The van der Waals surface area contributed by atoms with Gasteiger partial charge >= 0.3 is 5.97 Å². The first kappa shape index (κ1) is 18.8. The fourth-order valence-corrected chi connectivity index (χ4v) is 3.08. The van der Waals surface area contributed by atoms with Crippen LogP contribution in [0.15, 0.2) is 48.5 Å². The number of hydrogen-bond acceptors (Lipinski definition) is 5. The molecular weight excluding hydrogens is 344 g/mol. The fraction of sp³-hybridized carbons (Fsp3) is 0.333. The van der Waals surface area contributed by atoms with E-state index >= 15 is 0 Å². The third kappa shape index (κ3) is 5.00. The summed E-state index contributed by atoms with van der Waals surface area (Å²) in [5.74, 6) is 1.10. The van der Waals surface area contributed by atoms with Gasteiger partial charge in [-0.05, 0) is 42.0 Å². The van der Waals surface area contributed by atoms with E-state index in [0.29, 0.717) is 5.75 Å². The molecule has 6 nitrogen and oxygen atoms in total. The van der Waals surface area contributed by atoms with Gasteiger partial charge in [-0.15, -0.1) is 0 Å². The van der Waals surface area contributed by atoms with Crippen LogP contribution in [0, 0.1) is 0 Å². The SMILES string of the molecule is COc1ccc(CC(=O)Oc2ccc(N3CCN(C(C)=O)CC3)cc2)cc1. The molecule has 2 aromatic carbocycles. The Labute approximate surface area is 159 Å². The zero-order valence-electron chi connectivity index (χ0n) is 15.7. The molecule has 1 fully saturated rings. The zero-order valence-corrected chi connectivity index (χ0v) is 15.7. The van der Waals surface area contributed by atoms with Crippen molar-refractivity contribution in [3.05, 3.63) is 54.1 Å². The molecule has 27 heavy (non-hydrogen) atoms. The summed E-state index contributed by atoms with van der Waals surface area (Å²) in [6.07, 6.45) is 0.207. The van der Waals surface area contributed by atoms with Crippen molar-refractivity contribution < 1.29 is 19.1 Å². The zero-order chi connectivity index (χ0) is 19.2. The van der Waals surface area contributed by atoms with E-state index < -0.39 is 0 Å². The second-order valence-corrected chi connectivity index (χ2v) is 6.49. The molecule has 3 rings (SSSR count). The van der Waals surface area contributed by atoms with Gasteiger partial charge in [0.2, 0.25) is 5.91 Å². The lowest BCUT2D eigenvalue weighted by molar-refractivity contribution is -0.133. The monoisotopic (exact) mass is 368 g/mol. The summed E-state index contributed by atoms with van der Waals surface area (Å²) in [6.45, 7) is 4.67. The number of nitrogens with zero attached hydrogens (tertiary/aromatic N) is 2. The number of benzene rings is 2. The van der Waals surface area contributed by atoms with Gasteiger partial charge in [0.1, 0.15) is 11.5 Å². The minimum Gasteiger partial charge on any atom is -0.497 e. The summed E-state index contributed by atoms with van der Waals surface area (Å²) in [5, 5.41) is 0. The summed E-state index contributed by atoms with van der Waals surface area (Å²) in [7, 11) is 1.61. The van der Waals surface area contributed by atoms with Gasteiger partial charge in [0.05, 0.1) is 13.5 Å². The Hall–Kier alpha value is -3.02. The van der Waals surface area contributed by atoms with Crippen molar-refractivity contribution in [2.45, 2.75) is 13.3 Å². The smallest absolute Gasteiger partial charge is 0.315 e. The molecule has 1 aliphatic heterocycles. The van der Waals surface area contributed by atoms with E-state index in [-0.39, 0.29) is 18.3 Å². The quantitative estimate of drug-likeness (QED) is 0.600. The Bertz CT molecular complexity index is 779. The molecule has 0 N–H and O–H groups in total. The van der Waals surface area contributed by atoms with Crippen LogP contribution >= 0.6 is 0 Å². The Morgan fingerprint density at radius 2 is 1.48 bits per heavy atom. The standard InChI is InChI=1S/C21H24N2O4/c1-16(24)22-11-13-23(14-12-22)18-5-9-20(10-6-18)27-21(25)15-17-3-7-19(26-2)8-4-17/h3-10H,11-15H2,1-2H3. The van der Waals surface area contributed by atoms with E-state index in [9.17, 15) is 9.59 Å². The molecule has 0 radical (unpaired) electrons. The molecule has 1 aliphatic rings. The van der Waals surface area contributed by atoms with Crippen LogP contribution in [0.5, 0.6) is 11.5 Å². The average Bonchev–Trinajstić information content (AvgIpc) is 2.69. The molecule has 6 heteroatoms. The molecule has 1 amide bonds. The van der Waals surface area contributed by atoms with Gasteiger partial charge < -0.3 is 19.3 Å². The summed E-state index contributed by atoms with van der Waals surface area (Å²) in [5.41, 5.74) is 1.94. The number of amides is 1. The molecule has 0 saturated carbocycles. The van der Waals surface area contributed by atoms with Crippen LogP contribution in [-0.2, 0) is 16.0 Å². The van der Waals surface area contributed by atoms with Crippen molar-refractivity contribution in [1.29, 1.82) is 0 Å². The van der Waals surface area contributed by atoms with Crippen molar-refractivity contribution in [2.75, 3.05) is 38.2 Å². The average molecular weight is 368 g/mol. The van der Waals surface area contributed by atoms with Crippen LogP contribution in [0.3, 0.4) is 0 Å². The first-order chi connectivity index (χ1) is 13.0. The second-order valence-electron chi connectivity index (χ2n) is 6.49. The Kier molecular flexibility index (Phi) is 5.96. The van der Waals surface area contributed by atoms with Gasteiger partial charge in [-0.2, -0.15) is 0 Å². The highest BCUT2D eigenvalue weighted by Crippen LogP contribution is 2.21. The largest absolute Gasteiger partial charge is 0.497 e. The number of ether oxygens (including phenoxy) is 2. The minimum atomic E-state index is -0.303.